The van der Waals surface area contributed by atoms with Gasteiger partial charge in [0.15, 0.2) is 0 Å². The Morgan fingerprint density at radius 2 is 1.58 bits per heavy atom. The van der Waals surface area contributed by atoms with Crippen LogP contribution in [0.4, 0.5) is 0 Å². The molecule has 0 spiro atoms. The maximum atomic E-state index is 12.3. The highest BCUT2D eigenvalue weighted by Crippen LogP contribution is 2.19. The highest BCUT2D eigenvalue weighted by molar-refractivity contribution is 6.32. The molecular formula is C25H27BN2O5. The Balaban J connectivity index is 1.51. The van der Waals surface area contributed by atoms with Crippen LogP contribution in [0.1, 0.15) is 23.1 Å². The van der Waals surface area contributed by atoms with Gasteiger partial charge in [-0.25, -0.2) is 0 Å². The molecule has 2 amide bonds. The fourth-order valence-electron chi connectivity index (χ4n) is 3.35. The van der Waals surface area contributed by atoms with Crippen LogP contribution < -0.4 is 10.6 Å². The number of aryl methyl sites for hydroxylation is 1. The van der Waals surface area contributed by atoms with E-state index in [2.05, 4.69) is 10.6 Å². The molecule has 0 aliphatic carbocycles. The molecule has 0 saturated carbocycles. The molecule has 8 heteroatoms. The van der Waals surface area contributed by atoms with E-state index in [-0.39, 0.29) is 13.0 Å². The monoisotopic (exact) mass is 446 g/mol. The van der Waals surface area contributed by atoms with Gasteiger partial charge in [-0.1, -0.05) is 78.4 Å². The molecule has 3 rings (SSSR count). The van der Waals surface area contributed by atoms with Crippen molar-refractivity contribution in [3.8, 4) is 11.1 Å². The summed E-state index contributed by atoms with van der Waals surface area (Å²) in [6.45, 7) is 2.24. The minimum Gasteiger partial charge on any atom is -0.402 e. The van der Waals surface area contributed by atoms with Gasteiger partial charge in [-0.2, -0.15) is 0 Å². The molecule has 0 radical (unpaired) electrons. The zero-order valence-electron chi connectivity index (χ0n) is 18.4. The molecule has 0 bridgehead atoms. The van der Waals surface area contributed by atoms with E-state index in [9.17, 15) is 9.59 Å². The molecular weight excluding hydrogens is 419 g/mol. The highest BCUT2D eigenvalue weighted by Gasteiger charge is 2.21. The summed E-state index contributed by atoms with van der Waals surface area (Å²) in [5, 5.41) is 23.6. The third-order valence-corrected chi connectivity index (χ3v) is 4.99. The fraction of sp³-hybridized carbons (Fsp3) is 0.200. The minimum atomic E-state index is -2.05. The smallest absolute Gasteiger partial charge is 0.402 e. The first kappa shape index (κ1) is 24.2. The van der Waals surface area contributed by atoms with Crippen LogP contribution in [0.15, 0.2) is 78.9 Å². The largest absolute Gasteiger partial charge is 0.635 e. The van der Waals surface area contributed by atoms with Crippen molar-refractivity contribution in [3.63, 3.8) is 0 Å². The molecule has 0 unspecified atom stereocenters. The summed E-state index contributed by atoms with van der Waals surface area (Å²) in [5.74, 6) is -1.03. The van der Waals surface area contributed by atoms with E-state index in [1.54, 1.807) is 0 Å². The maximum Gasteiger partial charge on any atom is 0.635 e. The maximum absolute atomic E-state index is 12.3. The molecule has 4 N–H and O–H groups in total. The summed E-state index contributed by atoms with van der Waals surface area (Å²) in [4.78, 5) is 24.6. The van der Waals surface area contributed by atoms with Crippen LogP contribution in [0.3, 0.4) is 0 Å². The third-order valence-electron chi connectivity index (χ3n) is 4.99. The van der Waals surface area contributed by atoms with Crippen LogP contribution in [0.2, 0.25) is 0 Å². The van der Waals surface area contributed by atoms with Gasteiger partial charge in [0.05, 0.1) is 0 Å². The number of rotatable bonds is 10. The lowest BCUT2D eigenvalue weighted by atomic mass is 10.0. The van der Waals surface area contributed by atoms with Crippen molar-refractivity contribution in [1.29, 1.82) is 0 Å². The first-order chi connectivity index (χ1) is 15.9. The van der Waals surface area contributed by atoms with E-state index >= 15 is 0 Å². The number of hydrogen-bond donors (Lipinski definition) is 4. The second-order valence-corrected chi connectivity index (χ2v) is 7.73. The second kappa shape index (κ2) is 12.0. The topological polar surface area (TPSA) is 108 Å². The van der Waals surface area contributed by atoms with Gasteiger partial charge in [0, 0.05) is 13.0 Å². The fourth-order valence-corrected chi connectivity index (χ4v) is 3.35. The summed E-state index contributed by atoms with van der Waals surface area (Å²) in [7, 11) is -2.05. The normalized spacial score (nSPS) is 11.5. The summed E-state index contributed by atoms with van der Waals surface area (Å²) < 4.78 is 4.97. The number of benzene rings is 3. The molecule has 0 fully saturated rings. The molecule has 0 aliphatic rings. The van der Waals surface area contributed by atoms with Crippen molar-refractivity contribution >= 4 is 19.1 Å². The van der Waals surface area contributed by atoms with Gasteiger partial charge in [-0.3, -0.25) is 9.59 Å². The molecule has 0 saturated heterocycles. The SMILES string of the molecule is Cc1ccc(C[C@H](NC(=O)CC(=O)NCc2cccc(-c3ccccc3)c2)OB(O)O)cc1. The summed E-state index contributed by atoms with van der Waals surface area (Å²) >= 11 is 0. The standard InChI is InChI=1S/C25H27BN2O5/c1-18-10-12-19(13-11-18)15-25(33-26(31)32)28-24(30)16-23(29)27-17-20-6-5-9-22(14-20)21-7-3-2-4-8-21/h2-14,25,31-32H,15-17H2,1H3,(H,27,29)(H,28,30)/t25-/m1/s1. The Kier molecular flexibility index (Phi) is 8.77. The van der Waals surface area contributed by atoms with Gasteiger partial charge in [-0.15, -0.1) is 0 Å². The van der Waals surface area contributed by atoms with Gasteiger partial charge in [0.25, 0.3) is 0 Å². The molecule has 33 heavy (non-hydrogen) atoms. The predicted molar refractivity (Wildman–Crippen MR) is 126 cm³/mol. The Hall–Kier alpha value is -3.46. The van der Waals surface area contributed by atoms with Crippen LogP contribution in [-0.2, 0) is 27.2 Å². The number of hydrogen-bond acceptors (Lipinski definition) is 5. The zero-order valence-corrected chi connectivity index (χ0v) is 18.4. The lowest BCUT2D eigenvalue weighted by Crippen LogP contribution is -2.43. The van der Waals surface area contributed by atoms with E-state index in [4.69, 9.17) is 14.7 Å². The van der Waals surface area contributed by atoms with Crippen molar-refractivity contribution in [2.45, 2.75) is 32.5 Å². The molecule has 1 atom stereocenters. The lowest BCUT2D eigenvalue weighted by molar-refractivity contribution is -0.130. The zero-order chi connectivity index (χ0) is 23.6. The Morgan fingerprint density at radius 1 is 0.879 bits per heavy atom. The molecule has 3 aromatic carbocycles. The third kappa shape index (κ3) is 8.19. The molecule has 7 nitrogen and oxygen atoms in total. The van der Waals surface area contributed by atoms with Crippen molar-refractivity contribution in [2.24, 2.45) is 0 Å². The van der Waals surface area contributed by atoms with Gasteiger partial charge >= 0.3 is 7.32 Å². The summed E-state index contributed by atoms with van der Waals surface area (Å²) in [6, 6.07) is 25.3. The van der Waals surface area contributed by atoms with Gasteiger partial charge < -0.3 is 25.3 Å². The molecule has 0 aromatic heterocycles. The highest BCUT2D eigenvalue weighted by atomic mass is 16.6. The van der Waals surface area contributed by atoms with E-state index in [1.807, 2.05) is 85.8 Å². The number of carbonyl (C=O) groups is 2. The molecule has 3 aromatic rings. The van der Waals surface area contributed by atoms with Gasteiger partial charge in [0.2, 0.25) is 11.8 Å². The van der Waals surface area contributed by atoms with E-state index in [0.717, 1.165) is 27.8 Å². The molecule has 0 aliphatic heterocycles. The Morgan fingerprint density at radius 3 is 2.27 bits per heavy atom. The number of amides is 2. The quantitative estimate of drug-likeness (QED) is 0.217. The lowest BCUT2D eigenvalue weighted by Gasteiger charge is -2.19. The van der Waals surface area contributed by atoms with Crippen molar-refractivity contribution in [2.75, 3.05) is 0 Å². The van der Waals surface area contributed by atoms with E-state index in [0.29, 0.717) is 0 Å². The Labute approximate surface area is 193 Å². The first-order valence-electron chi connectivity index (χ1n) is 10.7. The van der Waals surface area contributed by atoms with Crippen LogP contribution in [0.5, 0.6) is 0 Å². The first-order valence-corrected chi connectivity index (χ1v) is 10.7. The number of nitrogens with one attached hydrogen (secondary N) is 2. The van der Waals surface area contributed by atoms with Crippen LogP contribution in [-0.4, -0.2) is 35.4 Å². The average molecular weight is 446 g/mol. The van der Waals surface area contributed by atoms with Crippen LogP contribution in [0.25, 0.3) is 11.1 Å². The Bertz CT molecular complexity index is 1060. The number of carbonyl (C=O) groups excluding carboxylic acids is 2. The second-order valence-electron chi connectivity index (χ2n) is 7.73. The molecule has 0 heterocycles. The van der Waals surface area contributed by atoms with Crippen LogP contribution in [0, 0.1) is 6.92 Å². The van der Waals surface area contributed by atoms with Crippen molar-refractivity contribution < 1.29 is 24.3 Å². The summed E-state index contributed by atoms with van der Waals surface area (Å²) in [5.41, 5.74) is 4.95. The van der Waals surface area contributed by atoms with Crippen molar-refractivity contribution in [3.05, 3.63) is 95.6 Å². The average Bonchev–Trinajstić information content (AvgIpc) is 2.79. The van der Waals surface area contributed by atoms with Gasteiger partial charge in [0.1, 0.15) is 12.6 Å². The van der Waals surface area contributed by atoms with E-state index < -0.39 is 31.8 Å². The minimum absolute atomic E-state index is 0.220. The van der Waals surface area contributed by atoms with Crippen LogP contribution >= 0.6 is 0 Å². The van der Waals surface area contributed by atoms with Gasteiger partial charge in [-0.05, 0) is 35.2 Å². The van der Waals surface area contributed by atoms with Crippen molar-refractivity contribution in [1.82, 2.24) is 10.6 Å². The van der Waals surface area contributed by atoms with E-state index in [1.165, 1.54) is 0 Å². The summed E-state index contributed by atoms with van der Waals surface area (Å²) in [6.07, 6.45) is -1.18. The predicted octanol–water partition coefficient (Wildman–Crippen LogP) is 2.34. The molecule has 170 valence electrons.